The third-order valence-electron chi connectivity index (χ3n) is 4.32. The first-order valence-corrected chi connectivity index (χ1v) is 8.20. The normalized spacial score (nSPS) is 12.6. The number of rotatable bonds is 4. The second-order valence-electron chi connectivity index (χ2n) is 5.99. The van der Waals surface area contributed by atoms with Gasteiger partial charge in [-0.25, -0.2) is 9.67 Å². The van der Waals surface area contributed by atoms with Crippen molar-refractivity contribution in [3.05, 3.63) is 53.9 Å². The van der Waals surface area contributed by atoms with Gasteiger partial charge in [0.1, 0.15) is 11.3 Å². The Kier molecular flexibility index (Phi) is 3.68. The van der Waals surface area contributed by atoms with Crippen LogP contribution >= 0.6 is 0 Å². The Balaban J connectivity index is 1.61. The summed E-state index contributed by atoms with van der Waals surface area (Å²) >= 11 is 0. The molecular weight excluding hydrogens is 316 g/mol. The van der Waals surface area contributed by atoms with Gasteiger partial charge in [-0.15, -0.1) is 5.10 Å². The Bertz CT molecular complexity index is 1030. The lowest BCUT2D eigenvalue weighted by Crippen LogP contribution is -2.28. The number of nitrogens with zero attached hydrogens (tertiary/aromatic N) is 4. The van der Waals surface area contributed by atoms with Gasteiger partial charge in [0.15, 0.2) is 0 Å². The maximum absolute atomic E-state index is 12.7. The van der Waals surface area contributed by atoms with E-state index in [1.54, 1.807) is 29.9 Å². The number of para-hydroxylation sites is 2. The Morgan fingerprint density at radius 1 is 1.24 bits per heavy atom. The van der Waals surface area contributed by atoms with Crippen molar-refractivity contribution in [1.82, 2.24) is 30.3 Å². The Morgan fingerprint density at radius 2 is 2.08 bits per heavy atom. The highest BCUT2D eigenvalue weighted by atomic mass is 16.1. The average molecular weight is 334 g/mol. The first-order chi connectivity index (χ1) is 12.2. The van der Waals surface area contributed by atoms with E-state index in [1.807, 2.05) is 31.2 Å². The summed E-state index contributed by atoms with van der Waals surface area (Å²) in [5, 5.41) is 11.1. The molecule has 4 aromatic rings. The molecule has 7 heteroatoms. The molecule has 0 aliphatic heterocycles. The van der Waals surface area contributed by atoms with Gasteiger partial charge in [0.05, 0.1) is 22.6 Å². The van der Waals surface area contributed by atoms with Gasteiger partial charge in [-0.3, -0.25) is 4.79 Å². The molecule has 0 aliphatic rings. The van der Waals surface area contributed by atoms with E-state index in [-0.39, 0.29) is 11.9 Å². The van der Waals surface area contributed by atoms with Gasteiger partial charge in [0, 0.05) is 12.6 Å². The predicted molar refractivity (Wildman–Crippen MR) is 95.1 cm³/mol. The lowest BCUT2D eigenvalue weighted by atomic mass is 10.1. The summed E-state index contributed by atoms with van der Waals surface area (Å²) in [6, 6.07) is 13.0. The fourth-order valence-corrected chi connectivity index (χ4v) is 2.91. The number of imidazole rings is 1. The van der Waals surface area contributed by atoms with E-state index >= 15 is 0 Å². The van der Waals surface area contributed by atoms with Crippen LogP contribution in [-0.4, -0.2) is 30.9 Å². The lowest BCUT2D eigenvalue weighted by Gasteiger charge is -2.14. The van der Waals surface area contributed by atoms with E-state index in [0.717, 1.165) is 34.3 Å². The van der Waals surface area contributed by atoms with Gasteiger partial charge in [0.25, 0.3) is 5.91 Å². The standard InChI is InChI=1S/C18H18N6O/c1-3-12(17-19-13-6-4-5-7-14(13)20-17)21-18(25)11-8-9-15-16(10-11)24(2)23-22-15/h4-10,12H,3H2,1-2H3,(H,19,20)(H,21,25)/t12-/m1/s1. The van der Waals surface area contributed by atoms with Crippen LogP contribution in [0.4, 0.5) is 0 Å². The van der Waals surface area contributed by atoms with Crippen LogP contribution in [0.25, 0.3) is 22.1 Å². The number of nitrogens with one attached hydrogen (secondary N) is 2. The number of carbonyl (C=O) groups is 1. The summed E-state index contributed by atoms with van der Waals surface area (Å²) in [6.07, 6.45) is 0.737. The van der Waals surface area contributed by atoms with Crippen molar-refractivity contribution in [3.8, 4) is 0 Å². The summed E-state index contributed by atoms with van der Waals surface area (Å²) in [7, 11) is 1.81. The maximum atomic E-state index is 12.7. The average Bonchev–Trinajstić information content (AvgIpc) is 3.23. The number of hydrogen-bond acceptors (Lipinski definition) is 4. The van der Waals surface area contributed by atoms with Gasteiger partial charge in [-0.2, -0.15) is 0 Å². The van der Waals surface area contributed by atoms with E-state index in [9.17, 15) is 4.79 Å². The van der Waals surface area contributed by atoms with Crippen LogP contribution in [0.2, 0.25) is 0 Å². The number of H-pyrrole nitrogens is 1. The SMILES string of the molecule is CC[C@@H](NC(=O)c1ccc2nnn(C)c2c1)c1nc2ccccc2[nH]1. The Hall–Kier alpha value is -3.22. The van der Waals surface area contributed by atoms with E-state index < -0.39 is 0 Å². The molecule has 0 unspecified atom stereocenters. The molecule has 0 fully saturated rings. The van der Waals surface area contributed by atoms with Crippen molar-refractivity contribution < 1.29 is 4.79 Å². The fraction of sp³-hybridized carbons (Fsp3) is 0.222. The molecule has 0 saturated heterocycles. The summed E-state index contributed by atoms with van der Waals surface area (Å²) in [5.74, 6) is 0.621. The molecular formula is C18H18N6O. The highest BCUT2D eigenvalue weighted by Crippen LogP contribution is 2.19. The number of hydrogen-bond donors (Lipinski definition) is 2. The molecule has 2 heterocycles. The van der Waals surface area contributed by atoms with Crippen molar-refractivity contribution >= 4 is 28.0 Å². The molecule has 0 aliphatic carbocycles. The van der Waals surface area contributed by atoms with E-state index in [2.05, 4.69) is 25.6 Å². The third kappa shape index (κ3) is 2.73. The highest BCUT2D eigenvalue weighted by molar-refractivity contribution is 5.97. The summed E-state index contributed by atoms with van der Waals surface area (Å²) in [5.41, 5.74) is 4.03. The van der Waals surface area contributed by atoms with Crippen LogP contribution in [0, 0.1) is 0 Å². The topological polar surface area (TPSA) is 88.5 Å². The maximum Gasteiger partial charge on any atom is 0.251 e. The molecule has 0 spiro atoms. The zero-order valence-electron chi connectivity index (χ0n) is 14.0. The number of aromatic amines is 1. The molecule has 0 radical (unpaired) electrons. The number of aryl methyl sites for hydroxylation is 1. The molecule has 2 aromatic heterocycles. The van der Waals surface area contributed by atoms with E-state index in [0.29, 0.717) is 5.56 Å². The number of aromatic nitrogens is 5. The largest absolute Gasteiger partial charge is 0.342 e. The van der Waals surface area contributed by atoms with Gasteiger partial charge >= 0.3 is 0 Å². The minimum Gasteiger partial charge on any atom is -0.342 e. The molecule has 4 rings (SSSR count). The monoisotopic (exact) mass is 334 g/mol. The summed E-state index contributed by atoms with van der Waals surface area (Å²) < 4.78 is 1.66. The molecule has 1 amide bonds. The molecule has 1 atom stereocenters. The molecule has 25 heavy (non-hydrogen) atoms. The van der Waals surface area contributed by atoms with Gasteiger partial charge in [-0.05, 0) is 36.8 Å². The first-order valence-electron chi connectivity index (χ1n) is 8.20. The second kappa shape index (κ2) is 6.01. The zero-order chi connectivity index (χ0) is 17.4. The molecule has 2 N–H and O–H groups in total. The molecule has 7 nitrogen and oxygen atoms in total. The van der Waals surface area contributed by atoms with Crippen molar-refractivity contribution in [2.24, 2.45) is 7.05 Å². The summed E-state index contributed by atoms with van der Waals surface area (Å²) in [4.78, 5) is 20.6. The quantitative estimate of drug-likeness (QED) is 0.600. The number of fused-ring (bicyclic) bond motifs is 2. The van der Waals surface area contributed by atoms with Crippen LogP contribution in [0.3, 0.4) is 0 Å². The predicted octanol–water partition coefficient (Wildman–Crippen LogP) is 2.73. The Labute approximate surface area is 144 Å². The minimum absolute atomic E-state index is 0.143. The van der Waals surface area contributed by atoms with Crippen LogP contribution < -0.4 is 5.32 Å². The van der Waals surface area contributed by atoms with Crippen molar-refractivity contribution in [2.75, 3.05) is 0 Å². The fourth-order valence-electron chi connectivity index (χ4n) is 2.91. The van der Waals surface area contributed by atoms with Crippen LogP contribution in [0.15, 0.2) is 42.5 Å². The number of benzene rings is 2. The van der Waals surface area contributed by atoms with Crippen molar-refractivity contribution in [1.29, 1.82) is 0 Å². The van der Waals surface area contributed by atoms with E-state index in [4.69, 9.17) is 0 Å². The molecule has 0 bridgehead atoms. The smallest absolute Gasteiger partial charge is 0.251 e. The molecule has 2 aromatic carbocycles. The van der Waals surface area contributed by atoms with E-state index in [1.165, 1.54) is 0 Å². The minimum atomic E-state index is -0.180. The lowest BCUT2D eigenvalue weighted by molar-refractivity contribution is 0.0934. The second-order valence-corrected chi connectivity index (χ2v) is 5.99. The highest BCUT2D eigenvalue weighted by Gasteiger charge is 2.18. The third-order valence-corrected chi connectivity index (χ3v) is 4.32. The van der Waals surface area contributed by atoms with Gasteiger partial charge in [0.2, 0.25) is 0 Å². The van der Waals surface area contributed by atoms with Gasteiger partial charge in [-0.1, -0.05) is 24.3 Å². The number of carbonyl (C=O) groups excluding carboxylic acids is 1. The molecule has 126 valence electrons. The van der Waals surface area contributed by atoms with Crippen LogP contribution in [0.1, 0.15) is 35.6 Å². The zero-order valence-corrected chi connectivity index (χ0v) is 14.0. The van der Waals surface area contributed by atoms with Crippen molar-refractivity contribution in [2.45, 2.75) is 19.4 Å². The Morgan fingerprint density at radius 3 is 2.88 bits per heavy atom. The van der Waals surface area contributed by atoms with Crippen molar-refractivity contribution in [3.63, 3.8) is 0 Å². The number of amides is 1. The first kappa shape index (κ1) is 15.3. The van der Waals surface area contributed by atoms with Gasteiger partial charge < -0.3 is 10.3 Å². The van der Waals surface area contributed by atoms with Crippen LogP contribution in [0.5, 0.6) is 0 Å². The molecule has 0 saturated carbocycles. The summed E-state index contributed by atoms with van der Waals surface area (Å²) in [6.45, 7) is 2.02. The van der Waals surface area contributed by atoms with Crippen LogP contribution in [-0.2, 0) is 7.05 Å².